The van der Waals surface area contributed by atoms with E-state index in [2.05, 4.69) is 6.07 Å². The second-order valence-corrected chi connectivity index (χ2v) is 3.14. The molecule has 0 aromatic carbocycles. The fourth-order valence-corrected chi connectivity index (χ4v) is 1.73. The largest absolute Gasteiger partial charge is 0.464 e. The van der Waals surface area contributed by atoms with Crippen LogP contribution in [0, 0.1) is 22.7 Å². The maximum Gasteiger partial charge on any atom is 0.326 e. The number of esters is 1. The van der Waals surface area contributed by atoms with E-state index < -0.39 is 5.41 Å². The molecule has 12 heavy (non-hydrogen) atoms. The third-order valence-corrected chi connectivity index (χ3v) is 2.73. The lowest BCUT2D eigenvalue weighted by atomic mass is 9.75. The zero-order valence-electron chi connectivity index (χ0n) is 7.46. The maximum atomic E-state index is 11.3. The highest BCUT2D eigenvalue weighted by molar-refractivity contribution is 5.82. The molecule has 0 aromatic heterocycles. The van der Waals surface area contributed by atoms with Crippen LogP contribution in [-0.4, -0.2) is 12.6 Å². The molecular formula is C9H13NO2. The fourth-order valence-electron chi connectivity index (χ4n) is 1.73. The summed E-state index contributed by atoms with van der Waals surface area (Å²) in [4.78, 5) is 11.3. The van der Waals surface area contributed by atoms with Gasteiger partial charge in [-0.05, 0) is 12.8 Å². The van der Waals surface area contributed by atoms with Crippen LogP contribution in [0.5, 0.6) is 0 Å². The summed E-state index contributed by atoms with van der Waals surface area (Å²) < 4.78 is 4.89. The van der Waals surface area contributed by atoms with Crippen LogP contribution in [-0.2, 0) is 9.53 Å². The minimum absolute atomic E-state index is 0.0833. The van der Waals surface area contributed by atoms with Crippen molar-refractivity contribution in [3.8, 4) is 6.07 Å². The molecular weight excluding hydrogens is 154 g/mol. The van der Waals surface area contributed by atoms with Gasteiger partial charge < -0.3 is 4.74 Å². The summed E-state index contributed by atoms with van der Waals surface area (Å²) in [5.41, 5.74) is -0.852. The van der Waals surface area contributed by atoms with Crippen LogP contribution in [0.15, 0.2) is 0 Å². The highest BCUT2D eigenvalue weighted by atomic mass is 16.5. The molecule has 0 aliphatic carbocycles. The van der Waals surface area contributed by atoms with Crippen LogP contribution in [0.2, 0.25) is 0 Å². The van der Waals surface area contributed by atoms with Crippen molar-refractivity contribution in [1.82, 2.24) is 0 Å². The lowest BCUT2D eigenvalue weighted by molar-refractivity contribution is -0.144. The zero-order valence-corrected chi connectivity index (χ0v) is 7.46. The van der Waals surface area contributed by atoms with Crippen LogP contribution in [0.1, 0.15) is 26.7 Å². The standard InChI is InChI=1S/C9H13NO2/c1-3-7-5-12-8(11)9(7,4-2)6-10/h7H,3-5H2,1-2H3. The third-order valence-electron chi connectivity index (χ3n) is 2.73. The molecule has 3 nitrogen and oxygen atoms in total. The molecule has 2 atom stereocenters. The molecule has 1 heterocycles. The Balaban J connectivity index is 2.96. The molecule has 0 spiro atoms. The molecule has 3 heteroatoms. The molecule has 1 aliphatic rings. The van der Waals surface area contributed by atoms with Gasteiger partial charge in [0.2, 0.25) is 0 Å². The molecule has 0 saturated carbocycles. The van der Waals surface area contributed by atoms with Crippen LogP contribution in [0.3, 0.4) is 0 Å². The van der Waals surface area contributed by atoms with Gasteiger partial charge in [0.15, 0.2) is 5.41 Å². The van der Waals surface area contributed by atoms with E-state index in [0.717, 1.165) is 6.42 Å². The number of nitriles is 1. The molecule has 2 unspecified atom stereocenters. The van der Waals surface area contributed by atoms with Gasteiger partial charge in [0.05, 0.1) is 12.7 Å². The Bertz CT molecular complexity index is 231. The third kappa shape index (κ3) is 0.989. The minimum atomic E-state index is -0.852. The number of carbonyl (C=O) groups excluding carboxylic acids is 1. The maximum absolute atomic E-state index is 11.3. The predicted octanol–water partition coefficient (Wildman–Crippen LogP) is 1.49. The Labute approximate surface area is 72.3 Å². The van der Waals surface area contributed by atoms with E-state index >= 15 is 0 Å². The summed E-state index contributed by atoms with van der Waals surface area (Å²) in [6.07, 6.45) is 1.38. The molecule has 0 amide bonds. The normalized spacial score (nSPS) is 34.4. The van der Waals surface area contributed by atoms with Crippen LogP contribution >= 0.6 is 0 Å². The summed E-state index contributed by atoms with van der Waals surface area (Å²) in [5.74, 6) is -0.251. The van der Waals surface area contributed by atoms with Gasteiger partial charge in [-0.15, -0.1) is 0 Å². The average Bonchev–Trinajstić information content (AvgIpc) is 2.42. The van der Waals surface area contributed by atoms with Crippen molar-refractivity contribution >= 4 is 5.97 Å². The minimum Gasteiger partial charge on any atom is -0.464 e. The van der Waals surface area contributed by atoms with E-state index in [0.29, 0.717) is 13.0 Å². The van der Waals surface area contributed by atoms with Gasteiger partial charge in [0.25, 0.3) is 0 Å². The quantitative estimate of drug-likeness (QED) is 0.585. The molecule has 66 valence electrons. The van der Waals surface area contributed by atoms with E-state index in [1.807, 2.05) is 13.8 Å². The van der Waals surface area contributed by atoms with Gasteiger partial charge in [-0.25, -0.2) is 0 Å². The molecule has 0 N–H and O–H groups in total. The summed E-state index contributed by atoms with van der Waals surface area (Å²) in [6, 6.07) is 2.10. The summed E-state index contributed by atoms with van der Waals surface area (Å²) in [6.45, 7) is 4.25. The highest BCUT2D eigenvalue weighted by Gasteiger charge is 2.50. The summed E-state index contributed by atoms with van der Waals surface area (Å²) in [5, 5.41) is 8.94. The van der Waals surface area contributed by atoms with Crippen molar-refractivity contribution in [1.29, 1.82) is 5.26 Å². The molecule has 0 bridgehead atoms. The van der Waals surface area contributed by atoms with Gasteiger partial charge in [0, 0.05) is 5.92 Å². The summed E-state index contributed by atoms with van der Waals surface area (Å²) >= 11 is 0. The Kier molecular flexibility index (Phi) is 2.37. The number of nitrogens with zero attached hydrogens (tertiary/aromatic N) is 1. The molecule has 0 radical (unpaired) electrons. The molecule has 0 aromatic rings. The van der Waals surface area contributed by atoms with Crippen molar-refractivity contribution in [3.05, 3.63) is 0 Å². The number of carbonyl (C=O) groups is 1. The smallest absolute Gasteiger partial charge is 0.326 e. The summed E-state index contributed by atoms with van der Waals surface area (Å²) in [7, 11) is 0. The van der Waals surface area contributed by atoms with E-state index in [9.17, 15) is 4.79 Å². The van der Waals surface area contributed by atoms with Crippen molar-refractivity contribution in [2.75, 3.05) is 6.61 Å². The number of ether oxygens (including phenoxy) is 1. The first-order valence-corrected chi connectivity index (χ1v) is 4.29. The molecule has 1 saturated heterocycles. The Hall–Kier alpha value is -1.04. The molecule has 1 aliphatic heterocycles. The predicted molar refractivity (Wildman–Crippen MR) is 43.1 cm³/mol. The van der Waals surface area contributed by atoms with Gasteiger partial charge >= 0.3 is 5.97 Å². The lowest BCUT2D eigenvalue weighted by Gasteiger charge is -2.19. The van der Waals surface area contributed by atoms with E-state index in [-0.39, 0.29) is 11.9 Å². The van der Waals surface area contributed by atoms with Crippen molar-refractivity contribution in [3.63, 3.8) is 0 Å². The van der Waals surface area contributed by atoms with Gasteiger partial charge in [-0.1, -0.05) is 13.8 Å². The Morgan fingerprint density at radius 3 is 2.75 bits per heavy atom. The lowest BCUT2D eigenvalue weighted by Crippen LogP contribution is -2.30. The first kappa shape index (κ1) is 9.05. The second kappa shape index (κ2) is 3.14. The van der Waals surface area contributed by atoms with Gasteiger partial charge in [0.1, 0.15) is 0 Å². The van der Waals surface area contributed by atoms with Crippen LogP contribution in [0.25, 0.3) is 0 Å². The second-order valence-electron chi connectivity index (χ2n) is 3.14. The van der Waals surface area contributed by atoms with Gasteiger partial charge in [-0.2, -0.15) is 5.26 Å². The number of rotatable bonds is 2. The van der Waals surface area contributed by atoms with Gasteiger partial charge in [-0.3, -0.25) is 4.79 Å². The zero-order chi connectivity index (χ0) is 9.19. The average molecular weight is 167 g/mol. The van der Waals surface area contributed by atoms with Crippen LogP contribution in [0.4, 0.5) is 0 Å². The first-order chi connectivity index (χ1) is 5.71. The number of cyclic esters (lactones) is 1. The fraction of sp³-hybridized carbons (Fsp3) is 0.778. The number of hydrogen-bond donors (Lipinski definition) is 0. The number of hydrogen-bond acceptors (Lipinski definition) is 3. The topological polar surface area (TPSA) is 50.1 Å². The Morgan fingerprint density at radius 2 is 2.42 bits per heavy atom. The molecule has 1 fully saturated rings. The van der Waals surface area contributed by atoms with Crippen molar-refractivity contribution in [2.45, 2.75) is 26.7 Å². The first-order valence-electron chi connectivity index (χ1n) is 4.29. The SMILES string of the molecule is CCC1COC(=O)C1(C#N)CC. The van der Waals surface area contributed by atoms with Crippen molar-refractivity contribution < 1.29 is 9.53 Å². The highest BCUT2D eigenvalue weighted by Crippen LogP contribution is 2.39. The van der Waals surface area contributed by atoms with Crippen LogP contribution < -0.4 is 0 Å². The van der Waals surface area contributed by atoms with E-state index in [1.54, 1.807) is 0 Å². The monoisotopic (exact) mass is 167 g/mol. The van der Waals surface area contributed by atoms with Crippen molar-refractivity contribution in [2.24, 2.45) is 11.3 Å². The van der Waals surface area contributed by atoms with E-state index in [1.165, 1.54) is 0 Å². The Morgan fingerprint density at radius 1 is 1.75 bits per heavy atom. The molecule has 1 rings (SSSR count). The van der Waals surface area contributed by atoms with E-state index in [4.69, 9.17) is 10.00 Å².